The molecule has 1 aromatic carbocycles. The van der Waals surface area contributed by atoms with Crippen LogP contribution in [0.3, 0.4) is 0 Å². The van der Waals surface area contributed by atoms with E-state index in [0.717, 1.165) is 23.3 Å². The molecule has 1 aromatic rings. The number of benzene rings is 1. The molecule has 4 aliphatic rings. The molecule has 26 heavy (non-hydrogen) atoms. The molecule has 0 saturated heterocycles. The third-order valence-electron chi connectivity index (χ3n) is 7.00. The van der Waals surface area contributed by atoms with Crippen LogP contribution in [0, 0.1) is 30.1 Å². The maximum atomic E-state index is 12.3. The standard InChI is InChI=1S/C22H29NO3/c1-14-3-5-19(6-4-14)21(25)26-13-20(24)23-15(2)22-10-16-7-17(11-22)9-18(8-16)12-22/h3-6,15-18H,7-13H2,1-2H3,(H,23,24). The Morgan fingerprint density at radius 2 is 1.62 bits per heavy atom. The highest BCUT2D eigenvalue weighted by atomic mass is 16.5. The van der Waals surface area contributed by atoms with E-state index in [2.05, 4.69) is 12.2 Å². The van der Waals surface area contributed by atoms with E-state index in [1.54, 1.807) is 12.1 Å². The normalized spacial score (nSPS) is 32.9. The molecule has 1 amide bonds. The second kappa shape index (κ2) is 6.71. The summed E-state index contributed by atoms with van der Waals surface area (Å²) >= 11 is 0. The summed E-state index contributed by atoms with van der Waals surface area (Å²) in [5.41, 5.74) is 1.84. The summed E-state index contributed by atoms with van der Waals surface area (Å²) in [5, 5.41) is 3.14. The van der Waals surface area contributed by atoms with E-state index in [4.69, 9.17) is 4.74 Å². The Kier molecular flexibility index (Phi) is 4.54. The van der Waals surface area contributed by atoms with Crippen LogP contribution in [-0.4, -0.2) is 24.5 Å². The van der Waals surface area contributed by atoms with Gasteiger partial charge >= 0.3 is 5.97 Å². The Morgan fingerprint density at radius 1 is 1.08 bits per heavy atom. The van der Waals surface area contributed by atoms with Gasteiger partial charge in [-0.1, -0.05) is 17.7 Å². The summed E-state index contributed by atoms with van der Waals surface area (Å²) in [6, 6.07) is 7.35. The van der Waals surface area contributed by atoms with Gasteiger partial charge in [-0.2, -0.15) is 0 Å². The van der Waals surface area contributed by atoms with Gasteiger partial charge in [-0.3, -0.25) is 4.79 Å². The summed E-state index contributed by atoms with van der Waals surface area (Å²) in [5.74, 6) is 1.95. The SMILES string of the molecule is Cc1ccc(C(=O)OCC(=O)NC(C)C23CC4CC(CC(C4)C2)C3)cc1. The van der Waals surface area contributed by atoms with E-state index in [0.29, 0.717) is 5.56 Å². The van der Waals surface area contributed by atoms with Crippen LogP contribution in [0.5, 0.6) is 0 Å². The number of amides is 1. The van der Waals surface area contributed by atoms with E-state index >= 15 is 0 Å². The van der Waals surface area contributed by atoms with E-state index in [-0.39, 0.29) is 24.0 Å². The van der Waals surface area contributed by atoms with Gasteiger partial charge in [-0.05, 0) is 87.7 Å². The van der Waals surface area contributed by atoms with Crippen molar-refractivity contribution in [3.63, 3.8) is 0 Å². The first-order chi connectivity index (χ1) is 12.4. The van der Waals surface area contributed by atoms with Gasteiger partial charge in [0.25, 0.3) is 5.91 Å². The molecule has 5 rings (SSSR count). The minimum Gasteiger partial charge on any atom is -0.452 e. The minimum absolute atomic E-state index is 0.154. The molecule has 4 heteroatoms. The first-order valence-corrected chi connectivity index (χ1v) is 9.97. The Hall–Kier alpha value is -1.84. The van der Waals surface area contributed by atoms with E-state index < -0.39 is 5.97 Å². The Bertz CT molecular complexity index is 659. The van der Waals surface area contributed by atoms with Crippen LogP contribution in [0.2, 0.25) is 0 Å². The second-order valence-electron chi connectivity index (χ2n) is 9.01. The number of aryl methyl sites for hydroxylation is 1. The van der Waals surface area contributed by atoms with Crippen molar-refractivity contribution in [3.05, 3.63) is 35.4 Å². The van der Waals surface area contributed by atoms with Crippen LogP contribution >= 0.6 is 0 Å². The van der Waals surface area contributed by atoms with Crippen LogP contribution in [0.25, 0.3) is 0 Å². The molecule has 140 valence electrons. The molecule has 1 unspecified atom stereocenters. The van der Waals surface area contributed by atoms with Gasteiger partial charge in [0.2, 0.25) is 0 Å². The van der Waals surface area contributed by atoms with Crippen molar-refractivity contribution in [3.8, 4) is 0 Å². The number of carbonyl (C=O) groups is 2. The van der Waals surface area contributed by atoms with Crippen LogP contribution in [0.1, 0.15) is 61.4 Å². The van der Waals surface area contributed by atoms with Gasteiger partial charge in [0.15, 0.2) is 6.61 Å². The smallest absolute Gasteiger partial charge is 0.338 e. The number of hydrogen-bond donors (Lipinski definition) is 1. The maximum absolute atomic E-state index is 12.3. The quantitative estimate of drug-likeness (QED) is 0.816. The summed E-state index contributed by atoms with van der Waals surface area (Å²) < 4.78 is 5.20. The van der Waals surface area contributed by atoms with E-state index in [1.807, 2.05) is 19.1 Å². The average molecular weight is 355 g/mol. The number of hydrogen-bond acceptors (Lipinski definition) is 3. The average Bonchev–Trinajstić information content (AvgIpc) is 2.59. The third-order valence-corrected chi connectivity index (χ3v) is 7.00. The van der Waals surface area contributed by atoms with Gasteiger partial charge in [0, 0.05) is 6.04 Å². The van der Waals surface area contributed by atoms with Gasteiger partial charge in [0.1, 0.15) is 0 Å². The molecule has 4 fully saturated rings. The fourth-order valence-electron chi connectivity index (χ4n) is 6.05. The summed E-state index contributed by atoms with van der Waals surface area (Å²) in [4.78, 5) is 24.4. The fraction of sp³-hybridized carbons (Fsp3) is 0.636. The Labute approximate surface area is 155 Å². The van der Waals surface area contributed by atoms with Crippen molar-refractivity contribution in [1.29, 1.82) is 0 Å². The maximum Gasteiger partial charge on any atom is 0.338 e. The van der Waals surface area contributed by atoms with Crippen LogP contribution in [0.4, 0.5) is 0 Å². The highest BCUT2D eigenvalue weighted by molar-refractivity contribution is 5.91. The summed E-state index contributed by atoms with van der Waals surface area (Å²) in [7, 11) is 0. The highest BCUT2D eigenvalue weighted by Gasteiger charge is 2.53. The number of esters is 1. The van der Waals surface area contributed by atoms with E-state index in [9.17, 15) is 9.59 Å². The monoisotopic (exact) mass is 355 g/mol. The number of nitrogens with one attached hydrogen (secondary N) is 1. The molecule has 0 aromatic heterocycles. The molecule has 4 bridgehead atoms. The Morgan fingerprint density at radius 3 is 2.15 bits per heavy atom. The van der Waals surface area contributed by atoms with Crippen molar-refractivity contribution in [1.82, 2.24) is 5.32 Å². The highest BCUT2D eigenvalue weighted by Crippen LogP contribution is 2.61. The zero-order valence-electron chi connectivity index (χ0n) is 15.8. The molecule has 1 atom stereocenters. The molecule has 4 aliphatic carbocycles. The van der Waals surface area contributed by atoms with Gasteiger partial charge in [-0.15, -0.1) is 0 Å². The van der Waals surface area contributed by atoms with Crippen molar-refractivity contribution >= 4 is 11.9 Å². The van der Waals surface area contributed by atoms with Gasteiger partial charge in [0.05, 0.1) is 5.56 Å². The van der Waals surface area contributed by atoms with E-state index in [1.165, 1.54) is 38.5 Å². The zero-order chi connectivity index (χ0) is 18.3. The molecule has 0 spiro atoms. The molecule has 0 aliphatic heterocycles. The predicted octanol–water partition coefficient (Wildman–Crippen LogP) is 3.87. The lowest BCUT2D eigenvalue weighted by Gasteiger charge is -2.59. The minimum atomic E-state index is -0.442. The van der Waals surface area contributed by atoms with Crippen molar-refractivity contribution in [2.75, 3.05) is 6.61 Å². The third kappa shape index (κ3) is 3.38. The fourth-order valence-corrected chi connectivity index (χ4v) is 6.05. The largest absolute Gasteiger partial charge is 0.452 e. The van der Waals surface area contributed by atoms with Crippen LogP contribution < -0.4 is 5.32 Å². The van der Waals surface area contributed by atoms with Crippen LogP contribution in [-0.2, 0) is 9.53 Å². The topological polar surface area (TPSA) is 55.4 Å². The number of rotatable bonds is 5. The first-order valence-electron chi connectivity index (χ1n) is 9.97. The molecular weight excluding hydrogens is 326 g/mol. The first kappa shape index (κ1) is 17.6. The molecule has 1 N–H and O–H groups in total. The summed E-state index contributed by atoms with van der Waals surface area (Å²) in [6.45, 7) is 3.91. The lowest BCUT2D eigenvalue weighted by atomic mass is 9.48. The second-order valence-corrected chi connectivity index (χ2v) is 9.01. The molecule has 0 radical (unpaired) electrons. The van der Waals surface area contributed by atoms with Crippen molar-refractivity contribution in [2.24, 2.45) is 23.2 Å². The molecule has 4 nitrogen and oxygen atoms in total. The molecule has 0 heterocycles. The van der Waals surface area contributed by atoms with Gasteiger partial charge < -0.3 is 10.1 Å². The van der Waals surface area contributed by atoms with Crippen molar-refractivity contribution in [2.45, 2.75) is 58.4 Å². The number of ether oxygens (including phenoxy) is 1. The Balaban J connectivity index is 1.31. The van der Waals surface area contributed by atoms with Crippen molar-refractivity contribution < 1.29 is 14.3 Å². The lowest BCUT2D eigenvalue weighted by Crippen LogP contribution is -2.56. The summed E-state index contributed by atoms with van der Waals surface area (Å²) in [6.07, 6.45) is 7.95. The van der Waals surface area contributed by atoms with Crippen LogP contribution in [0.15, 0.2) is 24.3 Å². The lowest BCUT2D eigenvalue weighted by molar-refractivity contribution is -0.128. The zero-order valence-corrected chi connectivity index (χ0v) is 15.8. The predicted molar refractivity (Wildman–Crippen MR) is 99.7 cm³/mol. The van der Waals surface area contributed by atoms with Gasteiger partial charge in [-0.25, -0.2) is 4.79 Å². The molecular formula is C22H29NO3. The molecule has 4 saturated carbocycles. The number of carbonyl (C=O) groups excluding carboxylic acids is 2.